The number of aliphatic hydroxyl groups is 1. The van der Waals surface area contributed by atoms with E-state index in [0.29, 0.717) is 11.7 Å². The van der Waals surface area contributed by atoms with Gasteiger partial charge in [0, 0.05) is 12.3 Å². The SMILES string of the molecule is CCC1[C@H]2C(=O)CC[C@@H]12.CCC1[C@H]2[C@H](O)CC[C@@H]12. The molecular weight excluding hydrogens is 224 g/mol. The van der Waals surface area contributed by atoms with Crippen LogP contribution in [0.15, 0.2) is 0 Å². The summed E-state index contributed by atoms with van der Waals surface area (Å²) < 4.78 is 0. The quantitative estimate of drug-likeness (QED) is 0.818. The molecule has 4 saturated carbocycles. The lowest BCUT2D eigenvalue weighted by molar-refractivity contribution is -0.119. The lowest BCUT2D eigenvalue weighted by Gasteiger charge is -2.04. The molecule has 4 aliphatic rings. The van der Waals surface area contributed by atoms with E-state index >= 15 is 0 Å². The molecule has 0 amide bonds. The first-order chi connectivity index (χ1) is 8.69. The van der Waals surface area contributed by atoms with Crippen LogP contribution in [0.1, 0.15) is 52.4 Å². The average molecular weight is 250 g/mol. The summed E-state index contributed by atoms with van der Waals surface area (Å²) in [6.45, 7) is 4.42. The minimum Gasteiger partial charge on any atom is -0.393 e. The maximum absolute atomic E-state index is 11.0. The second kappa shape index (κ2) is 4.63. The fourth-order valence-corrected chi connectivity index (χ4v) is 4.93. The third kappa shape index (κ3) is 1.93. The average Bonchev–Trinajstić information content (AvgIpc) is 3.20. The second-order valence-electron chi connectivity index (χ2n) is 6.72. The van der Waals surface area contributed by atoms with E-state index < -0.39 is 0 Å². The normalized spacial score (nSPS) is 51.3. The molecule has 0 aromatic carbocycles. The number of ketones is 1. The Morgan fingerprint density at radius 1 is 1.06 bits per heavy atom. The summed E-state index contributed by atoms with van der Waals surface area (Å²) in [5, 5.41) is 9.34. The van der Waals surface area contributed by atoms with Crippen molar-refractivity contribution < 1.29 is 9.90 Å². The predicted octanol–water partition coefficient (Wildman–Crippen LogP) is 3.03. The first kappa shape index (κ1) is 12.7. The van der Waals surface area contributed by atoms with Crippen molar-refractivity contribution in [3.63, 3.8) is 0 Å². The van der Waals surface area contributed by atoms with Gasteiger partial charge >= 0.3 is 0 Å². The summed E-state index contributed by atoms with van der Waals surface area (Å²) in [4.78, 5) is 11.0. The van der Waals surface area contributed by atoms with Crippen LogP contribution in [0.2, 0.25) is 0 Å². The summed E-state index contributed by atoms with van der Waals surface area (Å²) in [5.74, 6) is 5.23. The summed E-state index contributed by atoms with van der Waals surface area (Å²) >= 11 is 0. The molecule has 0 aliphatic heterocycles. The number of hydrogen-bond acceptors (Lipinski definition) is 2. The van der Waals surface area contributed by atoms with Crippen LogP contribution in [-0.2, 0) is 4.79 Å². The van der Waals surface area contributed by atoms with E-state index in [1.807, 2.05) is 0 Å². The van der Waals surface area contributed by atoms with E-state index in [-0.39, 0.29) is 6.10 Å². The van der Waals surface area contributed by atoms with Gasteiger partial charge in [0.15, 0.2) is 0 Å². The first-order valence-electron chi connectivity index (χ1n) is 7.89. The molecule has 2 heteroatoms. The molecule has 0 saturated heterocycles. The molecule has 0 spiro atoms. The number of carbonyl (C=O) groups excluding carboxylic acids is 1. The Morgan fingerprint density at radius 2 is 1.78 bits per heavy atom. The van der Waals surface area contributed by atoms with Crippen molar-refractivity contribution in [1.82, 2.24) is 0 Å². The van der Waals surface area contributed by atoms with Gasteiger partial charge in [-0.25, -0.2) is 0 Å². The Kier molecular flexibility index (Phi) is 3.25. The first-order valence-corrected chi connectivity index (χ1v) is 7.89. The molecule has 4 fully saturated rings. The molecule has 2 unspecified atom stereocenters. The van der Waals surface area contributed by atoms with Gasteiger partial charge in [0.05, 0.1) is 6.10 Å². The van der Waals surface area contributed by atoms with Crippen LogP contribution < -0.4 is 0 Å². The number of aliphatic hydroxyl groups excluding tert-OH is 1. The van der Waals surface area contributed by atoms with Gasteiger partial charge in [-0.05, 0) is 48.9 Å². The molecule has 102 valence electrons. The zero-order valence-corrected chi connectivity index (χ0v) is 11.6. The van der Waals surface area contributed by atoms with Gasteiger partial charge < -0.3 is 5.11 Å². The highest BCUT2D eigenvalue weighted by atomic mass is 16.3. The van der Waals surface area contributed by atoms with Crippen molar-refractivity contribution in [3.8, 4) is 0 Å². The highest BCUT2D eigenvalue weighted by molar-refractivity contribution is 5.87. The fraction of sp³-hybridized carbons (Fsp3) is 0.938. The largest absolute Gasteiger partial charge is 0.393 e. The summed E-state index contributed by atoms with van der Waals surface area (Å²) in [6, 6.07) is 0. The molecule has 4 aliphatic carbocycles. The number of carbonyl (C=O) groups is 1. The van der Waals surface area contributed by atoms with Crippen molar-refractivity contribution in [2.75, 3.05) is 0 Å². The standard InChI is InChI=1S/C8H14O.C8H12O/c2*1-2-5-6-3-4-7(9)8(5)6/h5-9H,2-4H2,1H3;5-6,8H,2-4H2,1H3/t5?,6-,7+,8+;5?,6-,8+/m00/s1. The van der Waals surface area contributed by atoms with Crippen molar-refractivity contribution in [2.45, 2.75) is 58.5 Å². The van der Waals surface area contributed by atoms with E-state index in [1.54, 1.807) is 0 Å². The van der Waals surface area contributed by atoms with E-state index in [0.717, 1.165) is 42.4 Å². The monoisotopic (exact) mass is 250 g/mol. The zero-order chi connectivity index (χ0) is 12.9. The van der Waals surface area contributed by atoms with Gasteiger partial charge in [-0.3, -0.25) is 4.79 Å². The molecule has 0 radical (unpaired) electrons. The highest BCUT2D eigenvalue weighted by Gasteiger charge is 2.56. The van der Waals surface area contributed by atoms with Crippen LogP contribution in [0.5, 0.6) is 0 Å². The van der Waals surface area contributed by atoms with Crippen LogP contribution in [0, 0.1) is 35.5 Å². The summed E-state index contributed by atoms with van der Waals surface area (Å²) in [7, 11) is 0. The molecule has 18 heavy (non-hydrogen) atoms. The number of Topliss-reactive ketones (excluding diaryl/α,β-unsaturated/α-hetero) is 1. The van der Waals surface area contributed by atoms with E-state index in [9.17, 15) is 9.90 Å². The van der Waals surface area contributed by atoms with Gasteiger partial charge in [-0.1, -0.05) is 26.7 Å². The van der Waals surface area contributed by atoms with Gasteiger partial charge in [0.25, 0.3) is 0 Å². The van der Waals surface area contributed by atoms with E-state index in [4.69, 9.17) is 0 Å². The molecule has 1 N–H and O–H groups in total. The molecule has 0 heterocycles. The van der Waals surface area contributed by atoms with Crippen molar-refractivity contribution in [3.05, 3.63) is 0 Å². The number of rotatable bonds is 2. The Balaban J connectivity index is 0.000000111. The minimum absolute atomic E-state index is 0.0694. The lowest BCUT2D eigenvalue weighted by Crippen LogP contribution is -2.06. The van der Waals surface area contributed by atoms with Crippen LogP contribution in [-0.4, -0.2) is 17.0 Å². The second-order valence-corrected chi connectivity index (χ2v) is 6.72. The van der Waals surface area contributed by atoms with Crippen molar-refractivity contribution >= 4 is 5.78 Å². The summed E-state index contributed by atoms with van der Waals surface area (Å²) in [6.07, 6.45) is 7.03. The third-order valence-corrected chi connectivity index (χ3v) is 6.01. The molecule has 7 atom stereocenters. The number of hydrogen-bond donors (Lipinski definition) is 1. The Labute approximate surface area is 110 Å². The van der Waals surface area contributed by atoms with Gasteiger partial charge in [0.1, 0.15) is 5.78 Å². The topological polar surface area (TPSA) is 37.3 Å². The van der Waals surface area contributed by atoms with Crippen LogP contribution >= 0.6 is 0 Å². The Bertz CT molecular complexity index is 330. The van der Waals surface area contributed by atoms with Gasteiger partial charge in [-0.15, -0.1) is 0 Å². The molecule has 0 aromatic rings. The molecule has 4 rings (SSSR count). The van der Waals surface area contributed by atoms with Gasteiger partial charge in [0.2, 0.25) is 0 Å². The third-order valence-electron chi connectivity index (χ3n) is 6.01. The van der Waals surface area contributed by atoms with E-state index in [1.165, 1.54) is 25.7 Å². The predicted molar refractivity (Wildman–Crippen MR) is 71.0 cm³/mol. The highest BCUT2D eigenvalue weighted by Crippen LogP contribution is 2.59. The Morgan fingerprint density at radius 3 is 2.11 bits per heavy atom. The van der Waals surface area contributed by atoms with E-state index in [2.05, 4.69) is 13.8 Å². The number of fused-ring (bicyclic) bond motifs is 2. The Hall–Kier alpha value is -0.370. The summed E-state index contributed by atoms with van der Waals surface area (Å²) in [5.41, 5.74) is 0. The fourth-order valence-electron chi connectivity index (χ4n) is 4.93. The van der Waals surface area contributed by atoms with Crippen molar-refractivity contribution in [1.29, 1.82) is 0 Å². The minimum atomic E-state index is 0.0694. The molecule has 0 aromatic heterocycles. The van der Waals surface area contributed by atoms with Gasteiger partial charge in [-0.2, -0.15) is 0 Å². The van der Waals surface area contributed by atoms with Crippen LogP contribution in [0.25, 0.3) is 0 Å². The molecule has 2 nitrogen and oxygen atoms in total. The zero-order valence-electron chi connectivity index (χ0n) is 11.6. The van der Waals surface area contributed by atoms with Crippen molar-refractivity contribution in [2.24, 2.45) is 35.5 Å². The lowest BCUT2D eigenvalue weighted by atomic mass is 10.1. The van der Waals surface area contributed by atoms with Crippen LogP contribution in [0.3, 0.4) is 0 Å². The molecule has 0 bridgehead atoms. The smallest absolute Gasteiger partial charge is 0.136 e. The van der Waals surface area contributed by atoms with Crippen LogP contribution in [0.4, 0.5) is 0 Å². The molecular formula is C16H26O2. The maximum atomic E-state index is 11.0. The maximum Gasteiger partial charge on any atom is 0.136 e.